The second kappa shape index (κ2) is 5.13. The Hall–Kier alpha value is -2.31. The summed E-state index contributed by atoms with van der Waals surface area (Å²) >= 11 is 0. The molecule has 0 aromatic carbocycles. The zero-order chi connectivity index (χ0) is 14.0. The fourth-order valence-corrected chi connectivity index (χ4v) is 1.92. The van der Waals surface area contributed by atoms with Crippen molar-refractivity contribution in [1.29, 1.82) is 0 Å². The topological polar surface area (TPSA) is 92.9 Å². The molecule has 2 heterocycles. The molecular formula is C12H16N4O3. The summed E-state index contributed by atoms with van der Waals surface area (Å²) in [7, 11) is 0. The molecule has 2 rings (SSSR count). The third kappa shape index (κ3) is 2.59. The molecule has 0 unspecified atom stereocenters. The molecule has 2 aromatic heterocycles. The number of aryl methyl sites for hydroxylation is 2. The average molecular weight is 264 g/mol. The number of hydrogen-bond donors (Lipinski definition) is 2. The molecular weight excluding hydrogens is 248 g/mol. The molecule has 7 nitrogen and oxygen atoms in total. The summed E-state index contributed by atoms with van der Waals surface area (Å²) in [5.74, 6) is -0.264. The molecule has 0 spiro atoms. The molecule has 0 saturated heterocycles. The molecule has 0 amide bonds. The van der Waals surface area contributed by atoms with Crippen molar-refractivity contribution in [2.45, 2.75) is 33.4 Å². The Bertz CT molecular complexity index is 696. The number of rotatable bonds is 4. The van der Waals surface area contributed by atoms with Crippen LogP contribution in [0.4, 0.5) is 0 Å². The van der Waals surface area contributed by atoms with E-state index in [1.807, 2.05) is 13.1 Å². The van der Waals surface area contributed by atoms with Gasteiger partial charge in [-0.15, -0.1) is 0 Å². The van der Waals surface area contributed by atoms with Crippen molar-refractivity contribution in [3.63, 3.8) is 0 Å². The Balaban J connectivity index is 2.30. The van der Waals surface area contributed by atoms with E-state index in [0.29, 0.717) is 13.0 Å². The zero-order valence-corrected chi connectivity index (χ0v) is 10.9. The quantitative estimate of drug-likeness (QED) is 0.813. The van der Waals surface area contributed by atoms with E-state index >= 15 is 0 Å². The Morgan fingerprint density at radius 2 is 2.11 bits per heavy atom. The normalized spacial score (nSPS) is 10.8. The number of aromatic nitrogens is 4. The molecule has 7 heteroatoms. The van der Waals surface area contributed by atoms with Crippen molar-refractivity contribution < 1.29 is 5.11 Å². The first-order valence-electron chi connectivity index (χ1n) is 6.07. The van der Waals surface area contributed by atoms with Crippen LogP contribution in [0.1, 0.15) is 18.1 Å². The van der Waals surface area contributed by atoms with Crippen LogP contribution in [-0.2, 0) is 19.5 Å². The lowest BCUT2D eigenvalue weighted by Crippen LogP contribution is -2.33. The minimum Gasteiger partial charge on any atom is -0.494 e. The van der Waals surface area contributed by atoms with E-state index in [-0.39, 0.29) is 18.0 Å². The van der Waals surface area contributed by atoms with Gasteiger partial charge in [-0.2, -0.15) is 5.10 Å². The van der Waals surface area contributed by atoms with E-state index in [1.54, 1.807) is 17.8 Å². The van der Waals surface area contributed by atoms with E-state index in [2.05, 4.69) is 10.1 Å². The molecule has 0 bridgehead atoms. The van der Waals surface area contributed by atoms with Crippen molar-refractivity contribution in [3.05, 3.63) is 44.4 Å². The summed E-state index contributed by atoms with van der Waals surface area (Å²) in [6.45, 7) is 4.35. The number of aromatic hydroxyl groups is 1. The van der Waals surface area contributed by atoms with E-state index in [9.17, 15) is 14.7 Å². The molecule has 0 aliphatic carbocycles. The fraction of sp³-hybridized carbons (Fsp3) is 0.417. The number of hydrogen-bond acceptors (Lipinski definition) is 4. The van der Waals surface area contributed by atoms with Gasteiger partial charge in [-0.25, -0.2) is 4.79 Å². The monoisotopic (exact) mass is 264 g/mol. The molecule has 19 heavy (non-hydrogen) atoms. The van der Waals surface area contributed by atoms with Crippen molar-refractivity contribution in [2.24, 2.45) is 0 Å². The molecule has 0 saturated carbocycles. The van der Waals surface area contributed by atoms with Crippen LogP contribution < -0.4 is 11.2 Å². The SMILES string of the molecule is CCc1c(O)n(CCn2cc(C)cn2)c(=O)[nH]c1=O. The summed E-state index contributed by atoms with van der Waals surface area (Å²) in [6, 6.07) is 0. The highest BCUT2D eigenvalue weighted by Gasteiger charge is 2.12. The number of nitrogens with one attached hydrogen (secondary N) is 1. The van der Waals surface area contributed by atoms with Gasteiger partial charge >= 0.3 is 5.69 Å². The Morgan fingerprint density at radius 3 is 2.68 bits per heavy atom. The van der Waals surface area contributed by atoms with Crippen molar-refractivity contribution in [1.82, 2.24) is 19.3 Å². The molecule has 0 aliphatic rings. The average Bonchev–Trinajstić information content (AvgIpc) is 2.75. The summed E-state index contributed by atoms with van der Waals surface area (Å²) in [5.41, 5.74) is 0.100. The van der Waals surface area contributed by atoms with Crippen LogP contribution in [0.3, 0.4) is 0 Å². The van der Waals surface area contributed by atoms with Crippen LogP contribution >= 0.6 is 0 Å². The first-order chi connectivity index (χ1) is 9.02. The third-order valence-corrected chi connectivity index (χ3v) is 2.93. The highest BCUT2D eigenvalue weighted by molar-refractivity contribution is 5.22. The number of aromatic amines is 1. The van der Waals surface area contributed by atoms with Gasteiger partial charge in [0.05, 0.1) is 24.8 Å². The standard InChI is InChI=1S/C12H16N4O3/c1-3-9-10(17)14-12(19)16(11(9)18)5-4-15-7-8(2)6-13-15/h6-7,18H,3-5H2,1-2H3,(H,14,17,19). The van der Waals surface area contributed by atoms with Gasteiger partial charge in [0.1, 0.15) is 0 Å². The van der Waals surface area contributed by atoms with Gasteiger partial charge in [0.15, 0.2) is 0 Å². The second-order valence-corrected chi connectivity index (χ2v) is 4.35. The minimum atomic E-state index is -0.608. The van der Waals surface area contributed by atoms with Crippen molar-refractivity contribution in [3.8, 4) is 5.88 Å². The molecule has 0 radical (unpaired) electrons. The maximum atomic E-state index is 11.7. The predicted octanol–water partition coefficient (Wildman–Crippen LogP) is 0.00972. The smallest absolute Gasteiger partial charge is 0.331 e. The highest BCUT2D eigenvalue weighted by Crippen LogP contribution is 2.10. The van der Waals surface area contributed by atoms with E-state index in [0.717, 1.165) is 10.1 Å². The zero-order valence-electron chi connectivity index (χ0n) is 10.9. The minimum absolute atomic E-state index is 0.219. The van der Waals surface area contributed by atoms with Gasteiger partial charge in [0, 0.05) is 6.20 Å². The van der Waals surface area contributed by atoms with Crippen LogP contribution in [0.5, 0.6) is 5.88 Å². The lowest BCUT2D eigenvalue weighted by atomic mass is 10.2. The van der Waals surface area contributed by atoms with E-state index in [4.69, 9.17) is 0 Å². The van der Waals surface area contributed by atoms with Crippen LogP contribution in [0, 0.1) is 6.92 Å². The van der Waals surface area contributed by atoms with Gasteiger partial charge in [-0.05, 0) is 18.9 Å². The van der Waals surface area contributed by atoms with E-state index in [1.165, 1.54) is 0 Å². The molecule has 2 aromatic rings. The number of nitrogens with zero attached hydrogens (tertiary/aromatic N) is 3. The van der Waals surface area contributed by atoms with E-state index < -0.39 is 11.2 Å². The van der Waals surface area contributed by atoms with Crippen molar-refractivity contribution >= 4 is 0 Å². The van der Waals surface area contributed by atoms with Gasteiger partial charge in [0.25, 0.3) is 5.56 Å². The number of H-pyrrole nitrogens is 1. The van der Waals surface area contributed by atoms with Gasteiger partial charge in [0.2, 0.25) is 5.88 Å². The van der Waals surface area contributed by atoms with Gasteiger partial charge in [-0.3, -0.25) is 19.0 Å². The van der Waals surface area contributed by atoms with Crippen LogP contribution in [-0.4, -0.2) is 24.4 Å². The Morgan fingerprint density at radius 1 is 1.37 bits per heavy atom. The second-order valence-electron chi connectivity index (χ2n) is 4.35. The summed E-state index contributed by atoms with van der Waals surface area (Å²) < 4.78 is 2.83. The predicted molar refractivity (Wildman–Crippen MR) is 69.3 cm³/mol. The van der Waals surface area contributed by atoms with Crippen LogP contribution in [0.2, 0.25) is 0 Å². The molecule has 2 N–H and O–H groups in total. The lowest BCUT2D eigenvalue weighted by molar-refractivity contribution is 0.379. The first kappa shape index (κ1) is 13.1. The maximum Gasteiger partial charge on any atom is 0.331 e. The third-order valence-electron chi connectivity index (χ3n) is 2.93. The molecule has 0 aliphatic heterocycles. The maximum absolute atomic E-state index is 11.7. The molecule has 0 atom stereocenters. The largest absolute Gasteiger partial charge is 0.494 e. The van der Waals surface area contributed by atoms with Gasteiger partial charge in [-0.1, -0.05) is 6.92 Å². The summed E-state index contributed by atoms with van der Waals surface area (Å²) in [4.78, 5) is 25.4. The molecule has 0 fully saturated rings. The molecule has 102 valence electrons. The van der Waals surface area contributed by atoms with Crippen LogP contribution in [0.15, 0.2) is 22.0 Å². The highest BCUT2D eigenvalue weighted by atomic mass is 16.3. The van der Waals surface area contributed by atoms with Gasteiger partial charge < -0.3 is 5.11 Å². The van der Waals surface area contributed by atoms with Crippen molar-refractivity contribution in [2.75, 3.05) is 0 Å². The Kier molecular flexibility index (Phi) is 3.55. The first-order valence-corrected chi connectivity index (χ1v) is 6.07. The summed E-state index contributed by atoms with van der Waals surface area (Å²) in [5, 5.41) is 14.0. The lowest BCUT2D eigenvalue weighted by Gasteiger charge is -2.10. The van der Waals surface area contributed by atoms with Crippen LogP contribution in [0.25, 0.3) is 0 Å². The summed E-state index contributed by atoms with van der Waals surface area (Å²) in [6.07, 6.45) is 3.92. The fourth-order valence-electron chi connectivity index (χ4n) is 1.92. The Labute approximate surface area is 109 Å².